The van der Waals surface area contributed by atoms with Gasteiger partial charge in [-0.2, -0.15) is 0 Å². The summed E-state index contributed by atoms with van der Waals surface area (Å²) in [5.41, 5.74) is 11.4. The van der Waals surface area contributed by atoms with Gasteiger partial charge in [-0.25, -0.2) is 0 Å². The van der Waals surface area contributed by atoms with E-state index in [1.54, 1.807) is 0 Å². The topological polar surface area (TPSA) is 61.3 Å². The molecule has 0 aromatic carbocycles. The average molecular weight is 230 g/mol. The smallest absolute Gasteiger partial charge is 0.0592 e. The van der Waals surface area contributed by atoms with Crippen molar-refractivity contribution in [2.45, 2.75) is 56.3 Å². The Balaban J connectivity index is 2.12. The Morgan fingerprint density at radius 3 is 2.80 bits per heavy atom. The van der Waals surface area contributed by atoms with Crippen molar-refractivity contribution in [3.8, 4) is 0 Å². The van der Waals surface area contributed by atoms with Crippen molar-refractivity contribution < 1.29 is 4.74 Å². The Bertz CT molecular complexity index is 172. The Morgan fingerprint density at radius 1 is 1.40 bits per heavy atom. The normalized spacial score (nSPS) is 29.8. The van der Waals surface area contributed by atoms with E-state index in [9.17, 15) is 0 Å². The fourth-order valence-electron chi connectivity index (χ4n) is 2.29. The van der Waals surface area contributed by atoms with Gasteiger partial charge in [0.05, 0.1) is 9.52 Å². The van der Waals surface area contributed by atoms with Crippen LogP contribution in [0.15, 0.2) is 0 Å². The summed E-state index contributed by atoms with van der Waals surface area (Å²) >= 11 is 0. The van der Waals surface area contributed by atoms with Crippen molar-refractivity contribution in [3.63, 3.8) is 0 Å². The van der Waals surface area contributed by atoms with Crippen LogP contribution < -0.4 is 11.5 Å². The third kappa shape index (κ3) is 5.11. The molecule has 1 aliphatic heterocycles. The van der Waals surface area contributed by atoms with Crippen molar-refractivity contribution in [2.24, 2.45) is 11.5 Å². The SMILES string of the molecule is CC1([SiH2]CCC(N)CCN)CCCCO1. The summed E-state index contributed by atoms with van der Waals surface area (Å²) in [6, 6.07) is 1.62. The Labute approximate surface area is 95.8 Å². The van der Waals surface area contributed by atoms with Crippen molar-refractivity contribution in [2.75, 3.05) is 13.2 Å². The van der Waals surface area contributed by atoms with Gasteiger partial charge in [-0.05, 0) is 45.6 Å². The largest absolute Gasteiger partial charge is 0.379 e. The van der Waals surface area contributed by atoms with Crippen molar-refractivity contribution in [3.05, 3.63) is 0 Å². The quantitative estimate of drug-likeness (QED) is 0.655. The lowest BCUT2D eigenvalue weighted by molar-refractivity contribution is -0.00736. The highest BCUT2D eigenvalue weighted by Crippen LogP contribution is 2.24. The van der Waals surface area contributed by atoms with Crippen LogP contribution >= 0.6 is 0 Å². The molecule has 0 aromatic heterocycles. The molecule has 1 heterocycles. The van der Waals surface area contributed by atoms with E-state index in [1.165, 1.54) is 25.3 Å². The fraction of sp³-hybridized carbons (Fsp3) is 1.00. The van der Waals surface area contributed by atoms with E-state index >= 15 is 0 Å². The Morgan fingerprint density at radius 2 is 2.20 bits per heavy atom. The minimum absolute atomic E-state index is 0.134. The molecule has 0 bridgehead atoms. The van der Waals surface area contributed by atoms with Crippen LogP contribution in [-0.4, -0.2) is 33.9 Å². The molecule has 4 N–H and O–H groups in total. The second-order valence-corrected chi connectivity index (χ2v) is 7.69. The van der Waals surface area contributed by atoms with Gasteiger partial charge < -0.3 is 16.2 Å². The molecule has 0 amide bonds. The predicted octanol–water partition coefficient (Wildman–Crippen LogP) is 0.556. The first-order valence-corrected chi connectivity index (χ1v) is 7.97. The molecular formula is C11H26N2OSi. The van der Waals surface area contributed by atoms with Crippen LogP contribution in [0.5, 0.6) is 0 Å². The molecule has 0 saturated carbocycles. The van der Waals surface area contributed by atoms with Crippen LogP contribution in [0.1, 0.15) is 39.0 Å². The Kier molecular flexibility index (Phi) is 5.82. The summed E-state index contributed by atoms with van der Waals surface area (Å²) in [4.78, 5) is 0. The molecule has 4 heteroatoms. The molecule has 15 heavy (non-hydrogen) atoms. The molecular weight excluding hydrogens is 204 g/mol. The first-order valence-electron chi connectivity index (χ1n) is 6.26. The molecule has 1 rings (SSSR count). The average Bonchev–Trinajstić information content (AvgIpc) is 2.19. The molecule has 0 aliphatic carbocycles. The van der Waals surface area contributed by atoms with Crippen LogP contribution in [-0.2, 0) is 4.74 Å². The maximum atomic E-state index is 5.94. The van der Waals surface area contributed by atoms with E-state index in [-0.39, 0.29) is 14.7 Å². The Hall–Kier alpha value is 0.0969. The van der Waals surface area contributed by atoms with Crippen LogP contribution in [0.4, 0.5) is 0 Å². The number of ether oxygens (including phenoxy) is 1. The van der Waals surface area contributed by atoms with Gasteiger partial charge in [0.1, 0.15) is 0 Å². The maximum Gasteiger partial charge on any atom is 0.0592 e. The lowest BCUT2D eigenvalue weighted by Crippen LogP contribution is -2.39. The van der Waals surface area contributed by atoms with E-state index < -0.39 is 0 Å². The zero-order valence-electron chi connectivity index (χ0n) is 10.0. The predicted molar refractivity (Wildman–Crippen MR) is 67.8 cm³/mol. The van der Waals surface area contributed by atoms with Crippen LogP contribution in [0, 0.1) is 0 Å². The molecule has 1 saturated heterocycles. The summed E-state index contributed by atoms with van der Waals surface area (Å²) in [6.07, 6.45) is 5.97. The number of rotatable bonds is 6. The van der Waals surface area contributed by atoms with Crippen molar-refractivity contribution >= 4 is 9.52 Å². The fourth-order valence-corrected chi connectivity index (χ4v) is 4.55. The standard InChI is InChI=1S/C11H26N2OSi/c1-11(6-2-3-8-14-11)15-9-5-10(13)4-7-12/h10H,2-9,12-13,15H2,1H3. The maximum absolute atomic E-state index is 5.94. The first-order chi connectivity index (χ1) is 7.16. The minimum atomic E-state index is -0.134. The third-order valence-electron chi connectivity index (χ3n) is 3.37. The molecule has 90 valence electrons. The lowest BCUT2D eigenvalue weighted by atomic mass is 10.1. The highest BCUT2D eigenvalue weighted by atomic mass is 28.2. The van der Waals surface area contributed by atoms with Gasteiger partial charge in [-0.3, -0.25) is 0 Å². The molecule has 2 atom stereocenters. The molecule has 0 aromatic rings. The summed E-state index contributed by atoms with van der Waals surface area (Å²) in [6.45, 7) is 3.99. The van der Waals surface area contributed by atoms with E-state index in [1.807, 2.05) is 0 Å². The number of hydrogen-bond acceptors (Lipinski definition) is 3. The van der Waals surface area contributed by atoms with Crippen LogP contribution in [0.2, 0.25) is 6.04 Å². The zero-order chi connectivity index (χ0) is 11.1. The monoisotopic (exact) mass is 230 g/mol. The third-order valence-corrected chi connectivity index (χ3v) is 5.75. The first kappa shape index (κ1) is 13.2. The number of nitrogens with two attached hydrogens (primary N) is 2. The van der Waals surface area contributed by atoms with Crippen molar-refractivity contribution in [1.82, 2.24) is 0 Å². The molecule has 3 nitrogen and oxygen atoms in total. The summed E-state index contributed by atoms with van der Waals surface area (Å²) in [5.74, 6) is 0. The van der Waals surface area contributed by atoms with Crippen LogP contribution in [0.25, 0.3) is 0 Å². The van der Waals surface area contributed by atoms with Gasteiger partial charge in [-0.15, -0.1) is 0 Å². The highest BCUT2D eigenvalue weighted by Gasteiger charge is 2.27. The van der Waals surface area contributed by atoms with E-state index in [0.717, 1.165) is 26.0 Å². The van der Waals surface area contributed by atoms with E-state index in [4.69, 9.17) is 16.2 Å². The van der Waals surface area contributed by atoms with E-state index in [0.29, 0.717) is 6.04 Å². The van der Waals surface area contributed by atoms with Gasteiger partial charge in [0.2, 0.25) is 0 Å². The van der Waals surface area contributed by atoms with Crippen LogP contribution in [0.3, 0.4) is 0 Å². The second kappa shape index (κ2) is 6.63. The van der Waals surface area contributed by atoms with Gasteiger partial charge in [0, 0.05) is 17.9 Å². The molecule has 1 aliphatic rings. The van der Waals surface area contributed by atoms with E-state index in [2.05, 4.69) is 6.92 Å². The summed E-state index contributed by atoms with van der Waals surface area (Å²) < 4.78 is 5.90. The van der Waals surface area contributed by atoms with Gasteiger partial charge >= 0.3 is 0 Å². The lowest BCUT2D eigenvalue weighted by Gasteiger charge is -2.34. The molecule has 0 radical (unpaired) electrons. The zero-order valence-corrected chi connectivity index (χ0v) is 11.4. The van der Waals surface area contributed by atoms with Gasteiger partial charge in [0.15, 0.2) is 0 Å². The molecule has 2 unspecified atom stereocenters. The van der Waals surface area contributed by atoms with Gasteiger partial charge in [0.25, 0.3) is 0 Å². The highest BCUT2D eigenvalue weighted by molar-refractivity contribution is 6.39. The van der Waals surface area contributed by atoms with Gasteiger partial charge in [-0.1, -0.05) is 6.04 Å². The molecule has 0 spiro atoms. The van der Waals surface area contributed by atoms with Crippen molar-refractivity contribution in [1.29, 1.82) is 0 Å². The second-order valence-electron chi connectivity index (χ2n) is 4.99. The minimum Gasteiger partial charge on any atom is -0.379 e. The summed E-state index contributed by atoms with van der Waals surface area (Å²) in [5, 5.41) is 0.265. The summed E-state index contributed by atoms with van der Waals surface area (Å²) in [7, 11) is -0.134. The number of hydrogen-bond donors (Lipinski definition) is 2. The molecule has 1 fully saturated rings.